The van der Waals surface area contributed by atoms with E-state index in [2.05, 4.69) is 5.32 Å². The maximum absolute atomic E-state index is 12.6. The third-order valence-corrected chi connectivity index (χ3v) is 6.48. The van der Waals surface area contributed by atoms with Crippen LogP contribution in [-0.2, 0) is 22.4 Å². The molecule has 1 heterocycles. The van der Waals surface area contributed by atoms with Crippen LogP contribution in [0.1, 0.15) is 78.6 Å². The van der Waals surface area contributed by atoms with Crippen LogP contribution in [0.2, 0.25) is 0 Å². The normalized spacial score (nSPS) is 19.0. The molecule has 132 valence electrons. The summed E-state index contributed by atoms with van der Waals surface area (Å²) in [5.74, 6) is -0.143. The number of methoxy groups -OCH3 is 1. The Bertz CT molecular complexity index is 602. The summed E-state index contributed by atoms with van der Waals surface area (Å²) in [6.45, 7) is 0. The number of hydrogen-bond donors (Lipinski definition) is 1. The van der Waals surface area contributed by atoms with Crippen LogP contribution < -0.4 is 5.32 Å². The van der Waals surface area contributed by atoms with Crippen molar-refractivity contribution in [3.63, 3.8) is 0 Å². The Morgan fingerprint density at radius 1 is 1.00 bits per heavy atom. The van der Waals surface area contributed by atoms with E-state index < -0.39 is 0 Å². The molecule has 24 heavy (non-hydrogen) atoms. The first-order valence-corrected chi connectivity index (χ1v) is 10.1. The van der Waals surface area contributed by atoms with Gasteiger partial charge >= 0.3 is 5.97 Å². The van der Waals surface area contributed by atoms with Crippen LogP contribution in [-0.4, -0.2) is 19.0 Å². The van der Waals surface area contributed by atoms with Gasteiger partial charge in [0.25, 0.3) is 0 Å². The van der Waals surface area contributed by atoms with Gasteiger partial charge in [0.05, 0.1) is 12.7 Å². The lowest BCUT2D eigenvalue weighted by atomic mass is 9.88. The van der Waals surface area contributed by atoms with Gasteiger partial charge in [-0.3, -0.25) is 4.79 Å². The van der Waals surface area contributed by atoms with E-state index in [1.165, 1.54) is 31.2 Å². The number of carbonyl (C=O) groups is 2. The predicted octanol–water partition coefficient (Wildman–Crippen LogP) is 4.71. The highest BCUT2D eigenvalue weighted by Gasteiger charge is 2.28. The molecule has 0 bridgehead atoms. The van der Waals surface area contributed by atoms with E-state index in [0.29, 0.717) is 10.6 Å². The van der Waals surface area contributed by atoms with Crippen LogP contribution in [0.3, 0.4) is 0 Å². The van der Waals surface area contributed by atoms with Crippen LogP contribution in [0.5, 0.6) is 0 Å². The van der Waals surface area contributed by atoms with E-state index in [1.54, 1.807) is 11.3 Å². The predicted molar refractivity (Wildman–Crippen MR) is 96.7 cm³/mol. The highest BCUT2D eigenvalue weighted by molar-refractivity contribution is 7.17. The number of hydrogen-bond acceptors (Lipinski definition) is 4. The molecule has 1 N–H and O–H groups in total. The molecule has 5 heteroatoms. The van der Waals surface area contributed by atoms with E-state index in [0.717, 1.165) is 56.9 Å². The first-order chi connectivity index (χ1) is 11.7. The van der Waals surface area contributed by atoms with E-state index in [-0.39, 0.29) is 17.8 Å². The zero-order valence-corrected chi connectivity index (χ0v) is 15.3. The molecule has 1 fully saturated rings. The minimum absolute atomic E-state index is 0.0778. The molecule has 0 atom stereocenters. The Kier molecular flexibility index (Phi) is 5.93. The van der Waals surface area contributed by atoms with Gasteiger partial charge in [-0.25, -0.2) is 4.79 Å². The maximum atomic E-state index is 12.6. The van der Waals surface area contributed by atoms with Gasteiger partial charge < -0.3 is 10.1 Å². The van der Waals surface area contributed by atoms with Crippen LogP contribution in [0.4, 0.5) is 5.00 Å². The Morgan fingerprint density at radius 3 is 2.38 bits per heavy atom. The van der Waals surface area contributed by atoms with Crippen molar-refractivity contribution < 1.29 is 14.3 Å². The quantitative estimate of drug-likeness (QED) is 0.804. The van der Waals surface area contributed by atoms with Crippen molar-refractivity contribution in [2.75, 3.05) is 12.4 Å². The van der Waals surface area contributed by atoms with Crippen molar-refractivity contribution in [2.45, 2.75) is 70.6 Å². The SMILES string of the molecule is COC(=O)c1c(NC(=O)C2CCCCC2)sc2c1CCCCCC2. The second kappa shape index (κ2) is 8.15. The lowest BCUT2D eigenvalue weighted by molar-refractivity contribution is -0.120. The van der Waals surface area contributed by atoms with E-state index in [9.17, 15) is 9.59 Å². The Morgan fingerprint density at radius 2 is 1.67 bits per heavy atom. The zero-order chi connectivity index (χ0) is 16.9. The fraction of sp³-hybridized carbons (Fsp3) is 0.684. The van der Waals surface area contributed by atoms with Crippen molar-refractivity contribution in [3.8, 4) is 0 Å². The molecule has 2 aliphatic rings. The molecule has 1 aromatic heterocycles. The van der Waals surface area contributed by atoms with Crippen LogP contribution in [0.25, 0.3) is 0 Å². The average molecular weight is 349 g/mol. The van der Waals surface area contributed by atoms with E-state index in [1.807, 2.05) is 0 Å². The fourth-order valence-electron chi connectivity index (χ4n) is 3.90. The van der Waals surface area contributed by atoms with Gasteiger partial charge in [-0.15, -0.1) is 11.3 Å². The molecule has 4 nitrogen and oxygen atoms in total. The molecule has 0 spiro atoms. The van der Waals surface area contributed by atoms with E-state index >= 15 is 0 Å². The van der Waals surface area contributed by atoms with Gasteiger partial charge in [-0.2, -0.15) is 0 Å². The number of anilines is 1. The van der Waals surface area contributed by atoms with Gasteiger partial charge in [-0.05, 0) is 44.1 Å². The first-order valence-electron chi connectivity index (χ1n) is 9.24. The minimum Gasteiger partial charge on any atom is -0.465 e. The fourth-order valence-corrected chi connectivity index (χ4v) is 5.18. The lowest BCUT2D eigenvalue weighted by Gasteiger charge is -2.20. The van der Waals surface area contributed by atoms with Crippen molar-refractivity contribution >= 4 is 28.2 Å². The summed E-state index contributed by atoms with van der Waals surface area (Å²) in [6.07, 6.45) is 12.0. The number of aryl methyl sites for hydroxylation is 1. The third kappa shape index (κ3) is 3.82. The summed E-state index contributed by atoms with van der Waals surface area (Å²) < 4.78 is 5.02. The van der Waals surface area contributed by atoms with Gasteiger partial charge in [0.15, 0.2) is 0 Å². The number of fused-ring (bicyclic) bond motifs is 1. The molecular formula is C19H27NO3S. The molecule has 2 aliphatic carbocycles. The summed E-state index contributed by atoms with van der Waals surface area (Å²) in [5.41, 5.74) is 1.73. The molecular weight excluding hydrogens is 322 g/mol. The molecule has 0 aromatic carbocycles. The largest absolute Gasteiger partial charge is 0.465 e. The van der Waals surface area contributed by atoms with Crippen molar-refractivity contribution in [1.82, 2.24) is 0 Å². The maximum Gasteiger partial charge on any atom is 0.341 e. The van der Waals surface area contributed by atoms with Crippen molar-refractivity contribution in [1.29, 1.82) is 0 Å². The van der Waals surface area contributed by atoms with Gasteiger partial charge in [0, 0.05) is 10.8 Å². The van der Waals surface area contributed by atoms with Crippen molar-refractivity contribution in [3.05, 3.63) is 16.0 Å². The molecule has 3 rings (SSSR count). The number of esters is 1. The summed E-state index contributed by atoms with van der Waals surface area (Å²) >= 11 is 1.59. The standard InChI is InChI=1S/C19H27NO3S/c1-23-19(22)16-14-11-7-2-3-8-12-15(14)24-18(16)20-17(21)13-9-5-4-6-10-13/h13H,2-12H2,1H3,(H,20,21). The van der Waals surface area contributed by atoms with E-state index in [4.69, 9.17) is 4.74 Å². The van der Waals surface area contributed by atoms with Crippen LogP contribution in [0, 0.1) is 5.92 Å². The van der Waals surface area contributed by atoms with Gasteiger partial charge in [-0.1, -0.05) is 32.1 Å². The second-order valence-corrected chi connectivity index (χ2v) is 8.04. The van der Waals surface area contributed by atoms with Crippen molar-refractivity contribution in [2.24, 2.45) is 5.92 Å². The molecule has 0 radical (unpaired) electrons. The van der Waals surface area contributed by atoms with Crippen LogP contribution >= 0.6 is 11.3 Å². The number of nitrogens with one attached hydrogen (secondary N) is 1. The summed E-state index contributed by atoms with van der Waals surface area (Å²) in [7, 11) is 1.42. The van der Waals surface area contributed by atoms with Gasteiger partial charge in [0.2, 0.25) is 5.91 Å². The monoisotopic (exact) mass is 349 g/mol. The highest BCUT2D eigenvalue weighted by Crippen LogP contribution is 2.38. The number of carbonyl (C=O) groups excluding carboxylic acids is 2. The summed E-state index contributed by atoms with van der Waals surface area (Å²) in [6, 6.07) is 0. The molecule has 1 aromatic rings. The summed E-state index contributed by atoms with van der Waals surface area (Å²) in [5, 5.41) is 3.78. The number of rotatable bonds is 3. The molecule has 0 saturated heterocycles. The van der Waals surface area contributed by atoms with Crippen LogP contribution in [0.15, 0.2) is 0 Å². The smallest absolute Gasteiger partial charge is 0.341 e. The number of amides is 1. The second-order valence-electron chi connectivity index (χ2n) is 6.94. The molecule has 0 unspecified atom stereocenters. The number of thiophene rings is 1. The summed E-state index contributed by atoms with van der Waals surface area (Å²) in [4.78, 5) is 26.2. The van der Waals surface area contributed by atoms with Gasteiger partial charge in [0.1, 0.15) is 5.00 Å². The molecule has 1 amide bonds. The Balaban J connectivity index is 1.86. The molecule has 0 aliphatic heterocycles. The molecule has 1 saturated carbocycles. The highest BCUT2D eigenvalue weighted by atomic mass is 32.1. The first kappa shape index (κ1) is 17.5. The Hall–Kier alpha value is -1.36. The minimum atomic E-state index is -0.313. The zero-order valence-electron chi connectivity index (χ0n) is 14.5. The lowest BCUT2D eigenvalue weighted by Crippen LogP contribution is -2.25. The topological polar surface area (TPSA) is 55.4 Å². The number of ether oxygens (including phenoxy) is 1. The third-order valence-electron chi connectivity index (χ3n) is 5.27. The average Bonchev–Trinajstić information content (AvgIpc) is 2.91. The Labute approximate surface area is 148 Å².